The lowest BCUT2D eigenvalue weighted by Gasteiger charge is -2.19. The van der Waals surface area contributed by atoms with E-state index in [2.05, 4.69) is 17.0 Å². The number of para-hydroxylation sites is 1. The molecule has 0 bridgehead atoms. The van der Waals surface area contributed by atoms with E-state index in [9.17, 15) is 4.79 Å². The molecule has 3 aromatic carbocycles. The van der Waals surface area contributed by atoms with Gasteiger partial charge in [0.15, 0.2) is 5.78 Å². The normalized spacial score (nSPS) is 10.3. The van der Waals surface area contributed by atoms with Gasteiger partial charge in [0.1, 0.15) is 0 Å². The number of benzene rings is 3. The van der Waals surface area contributed by atoms with Crippen molar-refractivity contribution < 1.29 is 4.79 Å². The Morgan fingerprint density at radius 2 is 1.17 bits per heavy atom. The molecule has 0 fully saturated rings. The molecule has 0 saturated carbocycles. The molecule has 2 nitrogen and oxygen atoms in total. The van der Waals surface area contributed by atoms with Gasteiger partial charge in [-0.1, -0.05) is 48.0 Å². The first-order valence-corrected chi connectivity index (χ1v) is 7.65. The van der Waals surface area contributed by atoms with Crippen LogP contribution in [0.3, 0.4) is 0 Å². The highest BCUT2D eigenvalue weighted by Gasteiger charge is 2.10. The third-order valence-corrected chi connectivity index (χ3v) is 3.97. The maximum atomic E-state index is 12.5. The average Bonchev–Trinajstić information content (AvgIpc) is 2.62. The van der Waals surface area contributed by atoms with Crippen LogP contribution in [-0.2, 0) is 0 Å². The lowest BCUT2D eigenvalue weighted by atomic mass is 10.0. The quantitative estimate of drug-likeness (QED) is 0.632. The van der Waals surface area contributed by atoms with E-state index in [0.29, 0.717) is 5.56 Å². The highest BCUT2D eigenvalue weighted by Crippen LogP contribution is 2.24. The van der Waals surface area contributed by atoms with Gasteiger partial charge in [-0.3, -0.25) is 4.79 Å². The molecule has 114 valence electrons. The molecule has 0 unspecified atom stereocenters. The number of carbonyl (C=O) groups excluding carboxylic acids is 1. The number of rotatable bonds is 4. The van der Waals surface area contributed by atoms with Crippen molar-refractivity contribution in [1.29, 1.82) is 0 Å². The number of aryl methyl sites for hydroxylation is 1. The second-order valence-corrected chi connectivity index (χ2v) is 5.64. The molecule has 0 atom stereocenters. The third-order valence-electron chi connectivity index (χ3n) is 3.97. The molecule has 0 aromatic heterocycles. The second-order valence-electron chi connectivity index (χ2n) is 5.64. The molecule has 0 heterocycles. The van der Waals surface area contributed by atoms with E-state index in [4.69, 9.17) is 0 Å². The smallest absolute Gasteiger partial charge is 0.193 e. The maximum Gasteiger partial charge on any atom is 0.193 e. The topological polar surface area (TPSA) is 20.3 Å². The van der Waals surface area contributed by atoms with Crippen LogP contribution in [0.1, 0.15) is 21.5 Å². The van der Waals surface area contributed by atoms with E-state index in [1.165, 1.54) is 0 Å². The summed E-state index contributed by atoms with van der Waals surface area (Å²) in [6, 6.07) is 25.6. The highest BCUT2D eigenvalue weighted by atomic mass is 16.1. The molecule has 0 N–H and O–H groups in total. The monoisotopic (exact) mass is 301 g/mol. The first kappa shape index (κ1) is 15.0. The molecule has 0 aliphatic carbocycles. The molecular weight excluding hydrogens is 282 g/mol. The van der Waals surface area contributed by atoms with Gasteiger partial charge >= 0.3 is 0 Å². The number of hydrogen-bond acceptors (Lipinski definition) is 2. The van der Waals surface area contributed by atoms with Crippen LogP contribution >= 0.6 is 0 Å². The van der Waals surface area contributed by atoms with Gasteiger partial charge in [-0.2, -0.15) is 0 Å². The summed E-state index contributed by atoms with van der Waals surface area (Å²) in [6.07, 6.45) is 0. The largest absolute Gasteiger partial charge is 0.345 e. The number of nitrogens with zero attached hydrogens (tertiary/aromatic N) is 1. The molecular formula is C21H19NO. The first-order chi connectivity index (χ1) is 11.1. The Morgan fingerprint density at radius 3 is 1.74 bits per heavy atom. The van der Waals surface area contributed by atoms with Crippen LogP contribution in [0.4, 0.5) is 11.4 Å². The molecule has 0 aliphatic heterocycles. The summed E-state index contributed by atoms with van der Waals surface area (Å²) in [7, 11) is 2.02. The van der Waals surface area contributed by atoms with Crippen molar-refractivity contribution in [2.24, 2.45) is 0 Å². The lowest BCUT2D eigenvalue weighted by molar-refractivity contribution is 0.103. The van der Waals surface area contributed by atoms with Crippen LogP contribution in [-0.4, -0.2) is 12.8 Å². The average molecular weight is 301 g/mol. The molecule has 3 rings (SSSR count). The van der Waals surface area contributed by atoms with Crippen molar-refractivity contribution >= 4 is 17.2 Å². The molecule has 3 aromatic rings. The Labute approximate surface area is 137 Å². The zero-order valence-electron chi connectivity index (χ0n) is 13.4. The van der Waals surface area contributed by atoms with Crippen LogP contribution in [0, 0.1) is 6.92 Å². The van der Waals surface area contributed by atoms with E-state index in [1.54, 1.807) is 0 Å². The SMILES string of the molecule is Cc1ccc(C(=O)c2ccc(N(C)c3ccccc3)cc2)cc1. The zero-order chi connectivity index (χ0) is 16.2. The molecule has 0 amide bonds. The van der Waals surface area contributed by atoms with Crippen molar-refractivity contribution in [2.75, 3.05) is 11.9 Å². The fourth-order valence-corrected chi connectivity index (χ4v) is 2.51. The van der Waals surface area contributed by atoms with Crippen molar-refractivity contribution in [3.8, 4) is 0 Å². The number of ketones is 1. The minimum absolute atomic E-state index is 0.0546. The van der Waals surface area contributed by atoms with Gasteiger partial charge < -0.3 is 4.90 Å². The van der Waals surface area contributed by atoms with E-state index in [-0.39, 0.29) is 5.78 Å². The van der Waals surface area contributed by atoms with Gasteiger partial charge in [0.05, 0.1) is 0 Å². The Bertz CT molecular complexity index is 790. The second kappa shape index (κ2) is 6.49. The van der Waals surface area contributed by atoms with Crippen LogP contribution in [0.15, 0.2) is 78.9 Å². The standard InChI is InChI=1S/C21H19NO/c1-16-8-10-17(11-9-16)21(23)18-12-14-20(15-13-18)22(2)19-6-4-3-5-7-19/h3-15H,1-2H3. The van der Waals surface area contributed by atoms with Gasteiger partial charge in [-0.15, -0.1) is 0 Å². The number of anilines is 2. The van der Waals surface area contributed by atoms with Gasteiger partial charge in [0.25, 0.3) is 0 Å². The fraction of sp³-hybridized carbons (Fsp3) is 0.0952. The third kappa shape index (κ3) is 3.32. The van der Waals surface area contributed by atoms with E-state index >= 15 is 0 Å². The minimum atomic E-state index is 0.0546. The van der Waals surface area contributed by atoms with Crippen LogP contribution in [0.5, 0.6) is 0 Å². The summed E-state index contributed by atoms with van der Waals surface area (Å²) >= 11 is 0. The van der Waals surface area contributed by atoms with Gasteiger partial charge in [0.2, 0.25) is 0 Å². The maximum absolute atomic E-state index is 12.5. The van der Waals surface area contributed by atoms with E-state index in [0.717, 1.165) is 22.5 Å². The first-order valence-electron chi connectivity index (χ1n) is 7.65. The molecule has 2 heteroatoms. The molecule has 0 saturated heterocycles. The molecule has 0 aliphatic rings. The summed E-state index contributed by atoms with van der Waals surface area (Å²) < 4.78 is 0. The van der Waals surface area contributed by atoms with E-state index in [1.807, 2.05) is 80.7 Å². The van der Waals surface area contributed by atoms with Crippen LogP contribution < -0.4 is 4.90 Å². The summed E-state index contributed by atoms with van der Waals surface area (Å²) in [5.41, 5.74) is 4.75. The van der Waals surface area contributed by atoms with Gasteiger partial charge in [-0.05, 0) is 43.3 Å². The summed E-state index contributed by atoms with van der Waals surface area (Å²) in [5.74, 6) is 0.0546. The van der Waals surface area contributed by atoms with Crippen molar-refractivity contribution in [1.82, 2.24) is 0 Å². The summed E-state index contributed by atoms with van der Waals surface area (Å²) in [6.45, 7) is 2.02. The van der Waals surface area contributed by atoms with Gasteiger partial charge in [0, 0.05) is 29.5 Å². The predicted octanol–water partition coefficient (Wildman–Crippen LogP) is 4.99. The Kier molecular flexibility index (Phi) is 4.24. The fourth-order valence-electron chi connectivity index (χ4n) is 2.51. The van der Waals surface area contributed by atoms with E-state index < -0.39 is 0 Å². The molecule has 0 spiro atoms. The molecule has 0 radical (unpaired) electrons. The van der Waals surface area contributed by atoms with Crippen molar-refractivity contribution in [3.63, 3.8) is 0 Å². The van der Waals surface area contributed by atoms with Gasteiger partial charge in [-0.25, -0.2) is 0 Å². The Hall–Kier alpha value is -2.87. The summed E-state index contributed by atoms with van der Waals surface area (Å²) in [5, 5.41) is 0. The lowest BCUT2D eigenvalue weighted by Crippen LogP contribution is -2.09. The van der Waals surface area contributed by atoms with Crippen LogP contribution in [0.25, 0.3) is 0 Å². The zero-order valence-corrected chi connectivity index (χ0v) is 13.4. The predicted molar refractivity (Wildman–Crippen MR) is 95.6 cm³/mol. The number of hydrogen-bond donors (Lipinski definition) is 0. The van der Waals surface area contributed by atoms with Crippen molar-refractivity contribution in [2.45, 2.75) is 6.92 Å². The minimum Gasteiger partial charge on any atom is -0.345 e. The highest BCUT2D eigenvalue weighted by molar-refractivity contribution is 6.09. The van der Waals surface area contributed by atoms with Crippen molar-refractivity contribution in [3.05, 3.63) is 95.6 Å². The summed E-state index contributed by atoms with van der Waals surface area (Å²) in [4.78, 5) is 14.6. The van der Waals surface area contributed by atoms with Crippen LogP contribution in [0.2, 0.25) is 0 Å². The number of carbonyl (C=O) groups is 1. The Balaban J connectivity index is 1.82. The Morgan fingerprint density at radius 1 is 0.696 bits per heavy atom. The molecule has 23 heavy (non-hydrogen) atoms.